The monoisotopic (exact) mass is 745 g/mol. The van der Waals surface area contributed by atoms with E-state index in [1.165, 1.54) is 0 Å². The molecule has 52 heavy (non-hydrogen) atoms. The van der Waals surface area contributed by atoms with Gasteiger partial charge in [-0.3, -0.25) is 14.4 Å². The van der Waals surface area contributed by atoms with Gasteiger partial charge in [0.1, 0.15) is 17.9 Å². The fourth-order valence-electron chi connectivity index (χ4n) is 8.74. The summed E-state index contributed by atoms with van der Waals surface area (Å²) < 4.78 is 12.1. The highest BCUT2D eigenvalue weighted by atomic mass is 32.1. The number of aliphatic carboxylic acids is 1. The lowest BCUT2D eigenvalue weighted by atomic mass is 9.73. The van der Waals surface area contributed by atoms with Crippen LogP contribution >= 0.6 is 12.6 Å². The van der Waals surface area contributed by atoms with Crippen molar-refractivity contribution in [2.24, 2.45) is 35.3 Å². The van der Waals surface area contributed by atoms with Crippen LogP contribution in [0.15, 0.2) is 18.2 Å². The molecule has 12 heteroatoms. The van der Waals surface area contributed by atoms with Crippen LogP contribution in [0.1, 0.15) is 114 Å². The van der Waals surface area contributed by atoms with Crippen molar-refractivity contribution in [2.75, 3.05) is 25.4 Å². The van der Waals surface area contributed by atoms with E-state index < -0.39 is 36.6 Å². The number of aliphatic hydroxyl groups is 1. The molecule has 0 aromatic heterocycles. The number of unbranched alkanes of at least 4 members (excludes halogenated alkanes) is 5. The number of aliphatic hydroxyl groups excluding tert-OH is 1. The lowest BCUT2D eigenvalue weighted by molar-refractivity contribution is -0.162. The minimum absolute atomic E-state index is 0.0403. The van der Waals surface area contributed by atoms with Crippen molar-refractivity contribution in [3.8, 4) is 5.75 Å². The zero-order chi connectivity index (χ0) is 37.5. The van der Waals surface area contributed by atoms with Gasteiger partial charge in [0.15, 0.2) is 6.61 Å². The van der Waals surface area contributed by atoms with Crippen LogP contribution in [0.25, 0.3) is 0 Å². The Morgan fingerprint density at radius 3 is 2.50 bits per heavy atom. The molecule has 0 bridgehead atoms. The third kappa shape index (κ3) is 12.1. The van der Waals surface area contributed by atoms with Crippen LogP contribution in [0, 0.1) is 29.6 Å². The minimum atomic E-state index is -1.03. The molecule has 1 unspecified atom stereocenters. The summed E-state index contributed by atoms with van der Waals surface area (Å²) in [6, 6.07) is 4.91. The Morgan fingerprint density at radius 1 is 1.00 bits per heavy atom. The van der Waals surface area contributed by atoms with Gasteiger partial charge in [-0.2, -0.15) is 12.6 Å². The van der Waals surface area contributed by atoms with E-state index in [0.717, 1.165) is 93.9 Å². The van der Waals surface area contributed by atoms with Gasteiger partial charge >= 0.3 is 11.9 Å². The van der Waals surface area contributed by atoms with Gasteiger partial charge in [0, 0.05) is 13.1 Å². The van der Waals surface area contributed by atoms with Crippen molar-refractivity contribution < 1.29 is 38.9 Å². The summed E-state index contributed by atoms with van der Waals surface area (Å²) in [5.74, 6) is -1.34. The van der Waals surface area contributed by atoms with Crippen LogP contribution in [-0.2, 0) is 36.8 Å². The highest BCUT2D eigenvalue weighted by Crippen LogP contribution is 2.50. The number of carbonyl (C=O) groups excluding carboxylic acids is 3. The Hall–Kier alpha value is -2.83. The van der Waals surface area contributed by atoms with Crippen LogP contribution in [0.4, 0.5) is 0 Å². The fraction of sp³-hybridized carbons (Fsp3) is 0.750. The lowest BCUT2D eigenvalue weighted by Gasteiger charge is -2.34. The van der Waals surface area contributed by atoms with Gasteiger partial charge in [0.2, 0.25) is 11.8 Å². The second kappa shape index (κ2) is 21.8. The first-order chi connectivity index (χ1) is 25.2. The number of hydrogen-bond acceptors (Lipinski definition) is 9. The predicted molar refractivity (Wildman–Crippen MR) is 203 cm³/mol. The van der Waals surface area contributed by atoms with E-state index >= 15 is 0 Å². The number of nitrogens with two attached hydrogens (primary N) is 1. The van der Waals surface area contributed by atoms with Crippen LogP contribution in [-0.4, -0.2) is 77.7 Å². The maximum Gasteiger partial charge on any atom is 0.341 e. The molecule has 292 valence electrons. The Bertz CT molecular complexity index is 1310. The van der Waals surface area contributed by atoms with Crippen LogP contribution in [0.3, 0.4) is 0 Å². The number of carbonyl (C=O) groups is 4. The standard InChI is InChI=1S/C40H63N3O8S/c1-2-3-6-13-28(44)17-18-29-32-21-26-12-11-16-35(50-25-37(45)46)33(26)22-27(32)23-36(29)51-40(49)31-15-8-7-14-30(31)38(47)43-34(24-41)39(48)42-19-9-4-5-10-20-52/h11-12,16,27-32,34,36,44,52H,2-10,13-15,17-25,41H2,1H3,(H,42,48)(H,43,47)(H,45,46)/t27-,28-,29+,30-,31+,32-,34?,36+/m0/s1. The molecular weight excluding hydrogens is 683 g/mol. The van der Waals surface area contributed by atoms with Gasteiger partial charge in [-0.15, -0.1) is 0 Å². The van der Waals surface area contributed by atoms with Crippen molar-refractivity contribution >= 4 is 36.4 Å². The van der Waals surface area contributed by atoms with Gasteiger partial charge in [0.05, 0.1) is 17.9 Å². The molecule has 3 aliphatic rings. The second-order valence-corrected chi connectivity index (χ2v) is 15.7. The number of benzene rings is 1. The third-order valence-corrected chi connectivity index (χ3v) is 11.9. The molecule has 11 nitrogen and oxygen atoms in total. The minimum Gasteiger partial charge on any atom is -0.482 e. The quantitative estimate of drug-likeness (QED) is 0.0543. The lowest BCUT2D eigenvalue weighted by Crippen LogP contribution is -2.53. The van der Waals surface area contributed by atoms with Gasteiger partial charge in [-0.1, -0.05) is 64.0 Å². The number of carboxylic acid groups (broad SMARTS) is 1. The van der Waals surface area contributed by atoms with Crippen molar-refractivity contribution in [3.63, 3.8) is 0 Å². The van der Waals surface area contributed by atoms with E-state index in [9.17, 15) is 29.4 Å². The maximum absolute atomic E-state index is 14.1. The molecule has 2 saturated carbocycles. The maximum atomic E-state index is 14.1. The van der Waals surface area contributed by atoms with Gasteiger partial charge in [0.25, 0.3) is 0 Å². The summed E-state index contributed by atoms with van der Waals surface area (Å²) in [6.07, 6.45) is 13.2. The average molecular weight is 746 g/mol. The summed E-state index contributed by atoms with van der Waals surface area (Å²) in [6.45, 7) is 2.21. The molecule has 0 radical (unpaired) electrons. The Morgan fingerprint density at radius 2 is 1.77 bits per heavy atom. The number of thiol groups is 1. The van der Waals surface area contributed by atoms with Gasteiger partial charge < -0.3 is 36.1 Å². The van der Waals surface area contributed by atoms with E-state index in [1.807, 2.05) is 12.1 Å². The summed E-state index contributed by atoms with van der Waals surface area (Å²) in [7, 11) is 0. The number of nitrogens with one attached hydrogen (secondary N) is 2. The topological polar surface area (TPSA) is 177 Å². The number of fused-ring (bicyclic) bond motifs is 2. The molecule has 1 aromatic rings. The molecule has 0 heterocycles. The summed E-state index contributed by atoms with van der Waals surface area (Å²) in [4.78, 5) is 51.8. The second-order valence-electron chi connectivity index (χ2n) is 15.2. The van der Waals surface area contributed by atoms with E-state index in [2.05, 4.69) is 36.3 Å². The van der Waals surface area contributed by atoms with Crippen molar-refractivity contribution in [3.05, 3.63) is 29.3 Å². The third-order valence-electron chi connectivity index (χ3n) is 11.6. The Balaban J connectivity index is 1.43. The number of esters is 1. The molecule has 4 rings (SSSR count). The van der Waals surface area contributed by atoms with E-state index in [-0.39, 0.29) is 48.2 Å². The SMILES string of the molecule is CCCCC[C@H](O)CC[C@@H]1[C@H]2Cc3cccc(OCC(=O)O)c3C[C@H]2C[C@H]1OC(=O)[C@@H]1CCCC[C@@H]1C(=O)NC(CN)C(=O)NCCCCCCS. The van der Waals surface area contributed by atoms with Crippen LogP contribution in [0.2, 0.25) is 0 Å². The molecule has 6 N–H and O–H groups in total. The molecule has 8 atom stereocenters. The number of rotatable bonds is 22. The van der Waals surface area contributed by atoms with Crippen molar-refractivity contribution in [1.29, 1.82) is 0 Å². The summed E-state index contributed by atoms with van der Waals surface area (Å²) >= 11 is 4.23. The molecule has 3 aliphatic carbocycles. The van der Waals surface area contributed by atoms with Crippen LogP contribution in [0.5, 0.6) is 5.75 Å². The van der Waals surface area contributed by atoms with E-state index in [0.29, 0.717) is 44.4 Å². The van der Waals surface area contributed by atoms with E-state index in [4.69, 9.17) is 15.2 Å². The molecule has 0 saturated heterocycles. The zero-order valence-electron chi connectivity index (χ0n) is 31.1. The van der Waals surface area contributed by atoms with Gasteiger partial charge in [-0.25, -0.2) is 4.79 Å². The Kier molecular flexibility index (Phi) is 17.5. The highest BCUT2D eigenvalue weighted by Gasteiger charge is 2.48. The summed E-state index contributed by atoms with van der Waals surface area (Å²) in [5.41, 5.74) is 8.07. The van der Waals surface area contributed by atoms with Gasteiger partial charge in [-0.05, 0) is 105 Å². The average Bonchev–Trinajstić information content (AvgIpc) is 3.47. The highest BCUT2D eigenvalue weighted by molar-refractivity contribution is 7.80. The first kappa shape index (κ1) is 41.9. The zero-order valence-corrected chi connectivity index (χ0v) is 32.0. The molecular formula is C40H63N3O8S. The summed E-state index contributed by atoms with van der Waals surface area (Å²) in [5, 5.41) is 25.8. The molecule has 0 aliphatic heterocycles. The van der Waals surface area contributed by atoms with Crippen LogP contribution < -0.4 is 21.1 Å². The fourth-order valence-corrected chi connectivity index (χ4v) is 8.97. The number of ether oxygens (including phenoxy) is 2. The molecule has 0 spiro atoms. The molecule has 2 fully saturated rings. The number of amides is 2. The largest absolute Gasteiger partial charge is 0.482 e. The van der Waals surface area contributed by atoms with Crippen molar-refractivity contribution in [1.82, 2.24) is 10.6 Å². The van der Waals surface area contributed by atoms with E-state index in [1.54, 1.807) is 0 Å². The van der Waals surface area contributed by atoms with Crippen molar-refractivity contribution in [2.45, 2.75) is 134 Å². The molecule has 2 amide bonds. The first-order valence-corrected chi connectivity index (χ1v) is 20.5. The number of carboxylic acids is 1. The normalized spacial score (nSPS) is 24.9. The smallest absolute Gasteiger partial charge is 0.341 e. The predicted octanol–water partition coefficient (Wildman–Crippen LogP) is 4.99. The number of hydrogen-bond donors (Lipinski definition) is 6. The Labute approximate surface area is 315 Å². The molecule has 1 aromatic carbocycles. The first-order valence-electron chi connectivity index (χ1n) is 19.9.